The first-order chi connectivity index (χ1) is 8.56. The van der Waals surface area contributed by atoms with Crippen LogP contribution in [-0.2, 0) is 23.9 Å². The van der Waals surface area contributed by atoms with Gasteiger partial charge in [0.1, 0.15) is 6.29 Å². The Kier molecular flexibility index (Phi) is 8.53. The third-order valence-corrected chi connectivity index (χ3v) is 2.58. The quantitative estimate of drug-likeness (QED) is 0.286. The van der Waals surface area contributed by atoms with E-state index < -0.39 is 17.9 Å². The highest BCUT2D eigenvalue weighted by atomic mass is 16.5. The summed E-state index contributed by atoms with van der Waals surface area (Å²) < 4.78 is 9.10. The number of esters is 2. The minimum atomic E-state index is -0.880. The smallest absolute Gasteiger partial charge is 0.320 e. The molecule has 0 aliphatic heterocycles. The van der Waals surface area contributed by atoms with Crippen molar-refractivity contribution >= 4 is 18.2 Å². The van der Waals surface area contributed by atoms with Gasteiger partial charge in [-0.05, 0) is 26.2 Å². The lowest BCUT2D eigenvalue weighted by atomic mass is 10.0. The second-order valence-electron chi connectivity index (χ2n) is 3.93. The third-order valence-electron chi connectivity index (χ3n) is 2.58. The van der Waals surface area contributed by atoms with Crippen LogP contribution in [0.1, 0.15) is 32.6 Å². The zero-order valence-corrected chi connectivity index (χ0v) is 11.1. The summed E-state index contributed by atoms with van der Waals surface area (Å²) in [7, 11) is 2.48. The monoisotopic (exact) mass is 256 g/mol. The van der Waals surface area contributed by atoms with Gasteiger partial charge in [-0.3, -0.25) is 9.59 Å². The summed E-state index contributed by atoms with van der Waals surface area (Å²) in [4.78, 5) is 32.9. The van der Waals surface area contributed by atoms with Crippen molar-refractivity contribution in [3.8, 4) is 0 Å². The second kappa shape index (κ2) is 9.39. The maximum absolute atomic E-state index is 11.4. The number of methoxy groups -OCH3 is 2. The molecule has 0 saturated carbocycles. The Hall–Kier alpha value is -1.65. The van der Waals surface area contributed by atoms with E-state index in [2.05, 4.69) is 9.47 Å². The van der Waals surface area contributed by atoms with Crippen LogP contribution in [0.4, 0.5) is 0 Å². The van der Waals surface area contributed by atoms with Gasteiger partial charge in [-0.2, -0.15) is 0 Å². The first kappa shape index (κ1) is 16.4. The van der Waals surface area contributed by atoms with Crippen LogP contribution in [0, 0.1) is 5.92 Å². The van der Waals surface area contributed by atoms with Crippen LogP contribution in [0.15, 0.2) is 11.6 Å². The van der Waals surface area contributed by atoms with Gasteiger partial charge < -0.3 is 14.3 Å². The molecule has 5 heteroatoms. The average Bonchev–Trinajstić information content (AvgIpc) is 2.39. The van der Waals surface area contributed by atoms with E-state index in [-0.39, 0.29) is 0 Å². The minimum absolute atomic E-state index is 0.345. The van der Waals surface area contributed by atoms with Crippen molar-refractivity contribution in [2.24, 2.45) is 5.92 Å². The van der Waals surface area contributed by atoms with Gasteiger partial charge in [0, 0.05) is 6.42 Å². The number of hydrogen-bond donors (Lipinski definition) is 0. The fraction of sp³-hybridized carbons (Fsp3) is 0.615. The van der Waals surface area contributed by atoms with E-state index >= 15 is 0 Å². The molecule has 0 N–H and O–H groups in total. The third kappa shape index (κ3) is 6.18. The molecule has 0 aliphatic carbocycles. The minimum Gasteiger partial charge on any atom is -0.468 e. The van der Waals surface area contributed by atoms with Crippen LogP contribution in [0.25, 0.3) is 0 Å². The molecule has 0 aromatic heterocycles. The summed E-state index contributed by atoms with van der Waals surface area (Å²) in [6.45, 7) is 1.91. The molecule has 0 bridgehead atoms. The van der Waals surface area contributed by atoms with Gasteiger partial charge in [-0.25, -0.2) is 0 Å². The lowest BCUT2D eigenvalue weighted by Crippen LogP contribution is -2.26. The average molecular weight is 256 g/mol. The molecule has 0 atom stereocenters. The van der Waals surface area contributed by atoms with E-state index in [1.54, 1.807) is 0 Å². The second-order valence-corrected chi connectivity index (χ2v) is 3.93. The Morgan fingerprint density at radius 1 is 1.11 bits per heavy atom. The van der Waals surface area contributed by atoms with Crippen LogP contribution in [0.2, 0.25) is 0 Å². The van der Waals surface area contributed by atoms with Crippen LogP contribution < -0.4 is 0 Å². The fourth-order valence-corrected chi connectivity index (χ4v) is 1.50. The Balaban J connectivity index is 4.31. The highest BCUT2D eigenvalue weighted by molar-refractivity contribution is 5.94. The number of rotatable bonds is 8. The van der Waals surface area contributed by atoms with Gasteiger partial charge in [0.2, 0.25) is 0 Å². The van der Waals surface area contributed by atoms with Crippen molar-refractivity contribution in [3.05, 3.63) is 11.6 Å². The number of hydrogen-bond acceptors (Lipinski definition) is 5. The maximum atomic E-state index is 11.4. The molecule has 0 unspecified atom stereocenters. The van der Waals surface area contributed by atoms with Crippen molar-refractivity contribution in [3.63, 3.8) is 0 Å². The molecule has 0 fully saturated rings. The number of carbonyl (C=O) groups is 3. The van der Waals surface area contributed by atoms with Gasteiger partial charge in [0.15, 0.2) is 5.92 Å². The van der Waals surface area contributed by atoms with E-state index in [0.717, 1.165) is 11.9 Å². The SMILES string of the molecule is COC(=O)C(CC/C=C(/C)CCC=O)C(=O)OC. The summed E-state index contributed by atoms with van der Waals surface area (Å²) in [6.07, 6.45) is 4.88. The van der Waals surface area contributed by atoms with Gasteiger partial charge in [-0.1, -0.05) is 11.6 Å². The predicted molar refractivity (Wildman–Crippen MR) is 65.8 cm³/mol. The number of allylic oxidation sites excluding steroid dienone is 2. The van der Waals surface area contributed by atoms with Crippen molar-refractivity contribution < 1.29 is 23.9 Å². The van der Waals surface area contributed by atoms with E-state index in [0.29, 0.717) is 25.7 Å². The largest absolute Gasteiger partial charge is 0.468 e. The number of aldehydes is 1. The van der Waals surface area contributed by atoms with Crippen molar-refractivity contribution in [2.75, 3.05) is 14.2 Å². The molecule has 0 amide bonds. The zero-order chi connectivity index (χ0) is 14.0. The molecular weight excluding hydrogens is 236 g/mol. The molecule has 0 heterocycles. The first-order valence-electron chi connectivity index (χ1n) is 5.81. The van der Waals surface area contributed by atoms with E-state index in [4.69, 9.17) is 0 Å². The standard InChI is InChI=1S/C13H20O5/c1-10(7-5-9-14)6-4-8-11(12(15)17-2)13(16)18-3/h6,9,11H,4-5,7-8H2,1-3H3/b10-6-. The van der Waals surface area contributed by atoms with Gasteiger partial charge in [-0.15, -0.1) is 0 Å². The normalized spacial score (nSPS) is 11.2. The van der Waals surface area contributed by atoms with E-state index in [9.17, 15) is 14.4 Å². The van der Waals surface area contributed by atoms with E-state index in [1.807, 2.05) is 13.0 Å². The highest BCUT2D eigenvalue weighted by Gasteiger charge is 2.27. The molecule has 0 aliphatic rings. The molecule has 0 saturated heterocycles. The molecule has 102 valence electrons. The van der Waals surface area contributed by atoms with Crippen molar-refractivity contribution in [1.29, 1.82) is 0 Å². The van der Waals surface area contributed by atoms with Gasteiger partial charge in [0.25, 0.3) is 0 Å². The summed E-state index contributed by atoms with van der Waals surface area (Å²) in [5, 5.41) is 0. The Morgan fingerprint density at radius 2 is 1.67 bits per heavy atom. The molecule has 0 radical (unpaired) electrons. The van der Waals surface area contributed by atoms with Crippen molar-refractivity contribution in [1.82, 2.24) is 0 Å². The van der Waals surface area contributed by atoms with E-state index in [1.165, 1.54) is 14.2 Å². The maximum Gasteiger partial charge on any atom is 0.320 e. The molecule has 0 aromatic rings. The highest BCUT2D eigenvalue weighted by Crippen LogP contribution is 2.13. The number of carbonyl (C=O) groups excluding carboxylic acids is 3. The molecule has 5 nitrogen and oxygen atoms in total. The van der Waals surface area contributed by atoms with Gasteiger partial charge in [0.05, 0.1) is 14.2 Å². The summed E-state index contributed by atoms with van der Waals surface area (Å²) in [6, 6.07) is 0. The fourth-order valence-electron chi connectivity index (χ4n) is 1.50. The Morgan fingerprint density at radius 3 is 2.11 bits per heavy atom. The van der Waals surface area contributed by atoms with Crippen molar-refractivity contribution in [2.45, 2.75) is 32.6 Å². The number of ether oxygens (including phenoxy) is 2. The predicted octanol–water partition coefficient (Wildman–Crippen LogP) is 1.65. The van der Waals surface area contributed by atoms with Crippen LogP contribution >= 0.6 is 0 Å². The summed E-state index contributed by atoms with van der Waals surface area (Å²) in [5.41, 5.74) is 1.07. The van der Waals surface area contributed by atoms with Crippen LogP contribution in [-0.4, -0.2) is 32.4 Å². The first-order valence-corrected chi connectivity index (χ1v) is 5.81. The summed E-state index contributed by atoms with van der Waals surface area (Å²) in [5.74, 6) is -2.04. The Bertz CT molecular complexity index is 303. The Labute approximate surface area is 107 Å². The molecule has 18 heavy (non-hydrogen) atoms. The molecular formula is C13H20O5. The lowest BCUT2D eigenvalue weighted by Gasteiger charge is -2.11. The van der Waals surface area contributed by atoms with Crippen LogP contribution in [0.3, 0.4) is 0 Å². The van der Waals surface area contributed by atoms with Gasteiger partial charge >= 0.3 is 11.9 Å². The molecule has 0 rings (SSSR count). The van der Waals surface area contributed by atoms with Crippen LogP contribution in [0.5, 0.6) is 0 Å². The zero-order valence-electron chi connectivity index (χ0n) is 11.1. The molecule has 0 aromatic carbocycles. The molecule has 0 spiro atoms. The summed E-state index contributed by atoms with van der Waals surface area (Å²) >= 11 is 0. The lowest BCUT2D eigenvalue weighted by molar-refractivity contribution is -0.159. The topological polar surface area (TPSA) is 69.7 Å².